The van der Waals surface area contributed by atoms with Crippen molar-refractivity contribution in [2.24, 2.45) is 5.73 Å². The molecule has 1 fully saturated rings. The molecule has 0 aromatic heterocycles. The lowest BCUT2D eigenvalue weighted by molar-refractivity contribution is 0.114. The molecule has 6 heteroatoms. The second kappa shape index (κ2) is 8.29. The second-order valence-corrected chi connectivity index (χ2v) is 4.97. The van der Waals surface area contributed by atoms with E-state index in [1.165, 1.54) is 0 Å². The fourth-order valence-corrected chi connectivity index (χ4v) is 1.99. The third-order valence-corrected chi connectivity index (χ3v) is 3.17. The zero-order valence-electron chi connectivity index (χ0n) is 11.5. The van der Waals surface area contributed by atoms with Crippen molar-refractivity contribution in [3.8, 4) is 0 Å². The van der Waals surface area contributed by atoms with E-state index in [0.717, 1.165) is 52.2 Å². The number of rotatable bonds is 7. The van der Waals surface area contributed by atoms with Gasteiger partial charge in [-0.05, 0) is 26.9 Å². The molecule has 2 amide bonds. The number of hydrogen-bond donors (Lipinski definition) is 2. The van der Waals surface area contributed by atoms with E-state index < -0.39 is 0 Å². The van der Waals surface area contributed by atoms with Crippen LogP contribution in [0.3, 0.4) is 0 Å². The summed E-state index contributed by atoms with van der Waals surface area (Å²) in [5.74, 6) is 0. The van der Waals surface area contributed by atoms with Crippen LogP contribution >= 0.6 is 0 Å². The SMILES string of the molecule is CN(C)CCOCCNC1CCN(C(N)=O)CC1. The first-order chi connectivity index (χ1) is 8.59. The van der Waals surface area contributed by atoms with Crippen LogP contribution in [0, 0.1) is 0 Å². The lowest BCUT2D eigenvalue weighted by Gasteiger charge is -2.31. The van der Waals surface area contributed by atoms with Gasteiger partial charge in [-0.1, -0.05) is 0 Å². The van der Waals surface area contributed by atoms with Crippen molar-refractivity contribution in [3.63, 3.8) is 0 Å². The van der Waals surface area contributed by atoms with Crippen molar-refractivity contribution in [1.82, 2.24) is 15.1 Å². The van der Waals surface area contributed by atoms with Crippen LogP contribution < -0.4 is 11.1 Å². The maximum absolute atomic E-state index is 11.0. The molecule has 0 saturated carbocycles. The number of nitrogens with two attached hydrogens (primary N) is 1. The molecule has 1 heterocycles. The van der Waals surface area contributed by atoms with Gasteiger partial charge in [0.05, 0.1) is 13.2 Å². The van der Waals surface area contributed by atoms with E-state index >= 15 is 0 Å². The second-order valence-electron chi connectivity index (χ2n) is 4.97. The molecule has 1 aliphatic rings. The summed E-state index contributed by atoms with van der Waals surface area (Å²) in [7, 11) is 4.07. The van der Waals surface area contributed by atoms with Crippen LogP contribution in [0.15, 0.2) is 0 Å². The Morgan fingerprint density at radius 3 is 2.61 bits per heavy atom. The van der Waals surface area contributed by atoms with Crippen LogP contribution in [-0.2, 0) is 4.74 Å². The molecule has 0 aromatic carbocycles. The fourth-order valence-electron chi connectivity index (χ4n) is 1.99. The number of primary amides is 1. The molecule has 106 valence electrons. The third kappa shape index (κ3) is 6.18. The highest BCUT2D eigenvalue weighted by Crippen LogP contribution is 2.09. The number of likely N-dealkylation sites (N-methyl/N-ethyl adjacent to an activating group) is 1. The maximum atomic E-state index is 11.0. The average Bonchev–Trinajstić information content (AvgIpc) is 2.34. The van der Waals surface area contributed by atoms with Gasteiger partial charge in [0.1, 0.15) is 0 Å². The molecule has 18 heavy (non-hydrogen) atoms. The van der Waals surface area contributed by atoms with Crippen molar-refractivity contribution in [1.29, 1.82) is 0 Å². The van der Waals surface area contributed by atoms with Gasteiger partial charge in [-0.25, -0.2) is 4.79 Å². The standard InChI is InChI=1S/C12H26N4O2/c1-15(2)8-10-18-9-5-14-11-3-6-16(7-4-11)12(13)17/h11,14H,3-10H2,1-2H3,(H2,13,17). The Labute approximate surface area is 109 Å². The number of hydrogen-bond acceptors (Lipinski definition) is 4. The van der Waals surface area contributed by atoms with Gasteiger partial charge < -0.3 is 25.6 Å². The first kappa shape index (κ1) is 15.2. The van der Waals surface area contributed by atoms with Crippen LogP contribution in [0.1, 0.15) is 12.8 Å². The lowest BCUT2D eigenvalue weighted by atomic mass is 10.1. The third-order valence-electron chi connectivity index (χ3n) is 3.17. The number of urea groups is 1. The number of carbonyl (C=O) groups is 1. The molecule has 1 rings (SSSR count). The lowest BCUT2D eigenvalue weighted by Crippen LogP contribution is -2.47. The molecular formula is C12H26N4O2. The molecule has 0 unspecified atom stereocenters. The normalized spacial score (nSPS) is 17.4. The summed E-state index contributed by atoms with van der Waals surface area (Å²) >= 11 is 0. The molecule has 1 aliphatic heterocycles. The fraction of sp³-hybridized carbons (Fsp3) is 0.917. The topological polar surface area (TPSA) is 70.8 Å². The minimum atomic E-state index is -0.305. The van der Waals surface area contributed by atoms with E-state index in [1.807, 2.05) is 14.1 Å². The van der Waals surface area contributed by atoms with Crippen LogP contribution in [0.4, 0.5) is 4.79 Å². The quantitative estimate of drug-likeness (QED) is 0.615. The molecule has 3 N–H and O–H groups in total. The molecule has 6 nitrogen and oxygen atoms in total. The highest BCUT2D eigenvalue weighted by atomic mass is 16.5. The first-order valence-corrected chi connectivity index (χ1v) is 6.60. The number of amides is 2. The van der Waals surface area contributed by atoms with E-state index in [4.69, 9.17) is 10.5 Å². The van der Waals surface area contributed by atoms with E-state index in [0.29, 0.717) is 6.04 Å². The minimum absolute atomic E-state index is 0.305. The van der Waals surface area contributed by atoms with Gasteiger partial charge in [-0.3, -0.25) is 0 Å². The van der Waals surface area contributed by atoms with Gasteiger partial charge in [0.2, 0.25) is 0 Å². The number of carbonyl (C=O) groups excluding carboxylic acids is 1. The number of piperidine rings is 1. The molecule has 0 spiro atoms. The summed E-state index contributed by atoms with van der Waals surface area (Å²) in [4.78, 5) is 14.8. The largest absolute Gasteiger partial charge is 0.379 e. The maximum Gasteiger partial charge on any atom is 0.314 e. The van der Waals surface area contributed by atoms with Crippen molar-refractivity contribution < 1.29 is 9.53 Å². The number of likely N-dealkylation sites (tertiary alicyclic amines) is 1. The Hall–Kier alpha value is -0.850. The van der Waals surface area contributed by atoms with Crippen molar-refractivity contribution >= 4 is 6.03 Å². The molecule has 0 atom stereocenters. The van der Waals surface area contributed by atoms with Crippen LogP contribution in [-0.4, -0.2) is 75.4 Å². The molecule has 0 aliphatic carbocycles. The first-order valence-electron chi connectivity index (χ1n) is 6.60. The Morgan fingerprint density at radius 1 is 1.39 bits per heavy atom. The Bertz CT molecular complexity index is 240. The average molecular weight is 258 g/mol. The van der Waals surface area contributed by atoms with E-state index in [2.05, 4.69) is 10.2 Å². The Kier molecular flexibility index (Phi) is 7.00. The highest BCUT2D eigenvalue weighted by Gasteiger charge is 2.20. The highest BCUT2D eigenvalue weighted by molar-refractivity contribution is 5.72. The van der Waals surface area contributed by atoms with Crippen molar-refractivity contribution in [3.05, 3.63) is 0 Å². The molecule has 0 aromatic rings. The van der Waals surface area contributed by atoms with Gasteiger partial charge in [-0.15, -0.1) is 0 Å². The Balaban J connectivity index is 1.96. The van der Waals surface area contributed by atoms with Crippen LogP contribution in [0.25, 0.3) is 0 Å². The van der Waals surface area contributed by atoms with Gasteiger partial charge in [0, 0.05) is 32.2 Å². The minimum Gasteiger partial charge on any atom is -0.379 e. The number of ether oxygens (including phenoxy) is 1. The summed E-state index contributed by atoms with van der Waals surface area (Å²) < 4.78 is 5.51. The van der Waals surface area contributed by atoms with Crippen molar-refractivity contribution in [2.45, 2.75) is 18.9 Å². The zero-order chi connectivity index (χ0) is 13.4. The molecule has 0 bridgehead atoms. The molecule has 1 saturated heterocycles. The van der Waals surface area contributed by atoms with Gasteiger partial charge in [-0.2, -0.15) is 0 Å². The van der Waals surface area contributed by atoms with E-state index in [-0.39, 0.29) is 6.03 Å². The Morgan fingerprint density at radius 2 is 2.06 bits per heavy atom. The summed E-state index contributed by atoms with van der Waals surface area (Å²) in [6.45, 7) is 4.85. The number of nitrogens with zero attached hydrogens (tertiary/aromatic N) is 2. The van der Waals surface area contributed by atoms with Crippen LogP contribution in [0.5, 0.6) is 0 Å². The van der Waals surface area contributed by atoms with Gasteiger partial charge in [0.25, 0.3) is 0 Å². The van der Waals surface area contributed by atoms with Gasteiger partial charge >= 0.3 is 6.03 Å². The van der Waals surface area contributed by atoms with E-state index in [1.54, 1.807) is 4.90 Å². The smallest absolute Gasteiger partial charge is 0.314 e. The molecular weight excluding hydrogens is 232 g/mol. The zero-order valence-corrected chi connectivity index (χ0v) is 11.5. The summed E-state index contributed by atoms with van der Waals surface area (Å²) in [5.41, 5.74) is 5.23. The summed E-state index contributed by atoms with van der Waals surface area (Å²) in [5, 5.41) is 3.45. The molecule has 0 radical (unpaired) electrons. The predicted octanol–water partition coefficient (Wildman–Crippen LogP) is -0.303. The van der Waals surface area contributed by atoms with Gasteiger partial charge in [0.15, 0.2) is 0 Å². The monoisotopic (exact) mass is 258 g/mol. The number of nitrogens with one attached hydrogen (secondary N) is 1. The predicted molar refractivity (Wildman–Crippen MR) is 71.6 cm³/mol. The van der Waals surface area contributed by atoms with Crippen molar-refractivity contribution in [2.75, 3.05) is 53.5 Å². The van der Waals surface area contributed by atoms with E-state index in [9.17, 15) is 4.79 Å². The van der Waals surface area contributed by atoms with Crippen LogP contribution in [0.2, 0.25) is 0 Å². The summed E-state index contributed by atoms with van der Waals surface area (Å²) in [6, 6.07) is 0.179. The summed E-state index contributed by atoms with van der Waals surface area (Å²) in [6.07, 6.45) is 1.95.